The first-order chi connectivity index (χ1) is 6.85. The van der Waals surface area contributed by atoms with E-state index in [1.165, 1.54) is 0 Å². The molecule has 1 heterocycles. The van der Waals surface area contributed by atoms with Gasteiger partial charge in [0, 0.05) is 11.6 Å². The van der Waals surface area contributed by atoms with Gasteiger partial charge < -0.3 is 4.74 Å². The quantitative estimate of drug-likeness (QED) is 0.681. The third-order valence-corrected chi connectivity index (χ3v) is 2.03. The molecule has 3 heteroatoms. The van der Waals surface area contributed by atoms with E-state index in [2.05, 4.69) is 11.1 Å². The van der Waals surface area contributed by atoms with Gasteiger partial charge in [-0.25, -0.2) is 0 Å². The summed E-state index contributed by atoms with van der Waals surface area (Å²) in [7, 11) is 1.59. The van der Waals surface area contributed by atoms with Crippen LogP contribution in [0.3, 0.4) is 0 Å². The molecule has 0 saturated heterocycles. The Balaban J connectivity index is 2.81. The summed E-state index contributed by atoms with van der Waals surface area (Å²) in [6, 6.07) is 9.30. The lowest BCUT2D eigenvalue weighted by atomic mass is 10.1. The molecule has 0 aliphatic rings. The molecule has 68 valence electrons. The van der Waals surface area contributed by atoms with Crippen LogP contribution in [0.15, 0.2) is 30.5 Å². The molecule has 1 aromatic carbocycles. The van der Waals surface area contributed by atoms with Crippen LogP contribution in [0.4, 0.5) is 0 Å². The number of hydrogen-bond donors (Lipinski definition) is 0. The van der Waals surface area contributed by atoms with Crippen molar-refractivity contribution in [2.24, 2.45) is 0 Å². The number of methoxy groups -OCH3 is 1. The number of nitrogens with zero attached hydrogens (tertiary/aromatic N) is 2. The summed E-state index contributed by atoms with van der Waals surface area (Å²) in [4.78, 5) is 4.17. The van der Waals surface area contributed by atoms with Crippen molar-refractivity contribution in [3.05, 3.63) is 36.0 Å². The Kier molecular flexibility index (Phi) is 2.04. The summed E-state index contributed by atoms with van der Waals surface area (Å²) in [6.45, 7) is 0. The van der Waals surface area contributed by atoms with Crippen LogP contribution >= 0.6 is 0 Å². The predicted molar refractivity (Wildman–Crippen MR) is 53.0 cm³/mol. The zero-order valence-electron chi connectivity index (χ0n) is 7.69. The van der Waals surface area contributed by atoms with Crippen molar-refractivity contribution in [2.45, 2.75) is 0 Å². The average Bonchev–Trinajstić information content (AvgIpc) is 2.27. The molecule has 2 aromatic rings. The van der Waals surface area contributed by atoms with E-state index in [1.807, 2.05) is 12.1 Å². The zero-order valence-corrected chi connectivity index (χ0v) is 7.69. The van der Waals surface area contributed by atoms with Crippen molar-refractivity contribution in [1.29, 1.82) is 5.26 Å². The van der Waals surface area contributed by atoms with Crippen LogP contribution in [0.5, 0.6) is 5.75 Å². The topological polar surface area (TPSA) is 45.9 Å². The summed E-state index contributed by atoms with van der Waals surface area (Å²) in [5, 5.41) is 9.71. The maximum atomic E-state index is 8.78. The number of ether oxygens (including phenoxy) is 1. The fourth-order valence-corrected chi connectivity index (χ4v) is 1.38. The summed E-state index contributed by atoms with van der Waals surface area (Å²) in [5.41, 5.74) is 1.34. The maximum absolute atomic E-state index is 8.78. The van der Waals surface area contributed by atoms with E-state index in [0.717, 1.165) is 10.9 Å². The van der Waals surface area contributed by atoms with Gasteiger partial charge in [0.15, 0.2) is 0 Å². The van der Waals surface area contributed by atoms with Crippen LogP contribution in [0.2, 0.25) is 0 Å². The van der Waals surface area contributed by atoms with E-state index in [1.54, 1.807) is 25.4 Å². The highest BCUT2D eigenvalue weighted by Gasteiger charge is 2.03. The van der Waals surface area contributed by atoms with E-state index in [-0.39, 0.29) is 0 Å². The van der Waals surface area contributed by atoms with Crippen molar-refractivity contribution in [3.63, 3.8) is 0 Å². The number of benzene rings is 1. The third kappa shape index (κ3) is 1.27. The zero-order chi connectivity index (χ0) is 9.97. The molecule has 0 saturated carbocycles. The Morgan fingerprint density at radius 2 is 2.29 bits per heavy atom. The third-order valence-electron chi connectivity index (χ3n) is 2.03. The minimum Gasteiger partial charge on any atom is -0.496 e. The number of aromatic nitrogens is 1. The normalized spacial score (nSPS) is 9.71. The highest BCUT2D eigenvalue weighted by Crippen LogP contribution is 2.25. The Morgan fingerprint density at radius 1 is 1.43 bits per heavy atom. The minimum absolute atomic E-state index is 0.563. The highest BCUT2D eigenvalue weighted by atomic mass is 16.5. The summed E-state index contributed by atoms with van der Waals surface area (Å²) >= 11 is 0. The van der Waals surface area contributed by atoms with Crippen LogP contribution in [0.1, 0.15) is 5.56 Å². The number of pyridine rings is 1. The molecular weight excluding hydrogens is 176 g/mol. The van der Waals surface area contributed by atoms with Gasteiger partial charge in [-0.3, -0.25) is 4.98 Å². The smallest absolute Gasteiger partial charge is 0.129 e. The van der Waals surface area contributed by atoms with Crippen LogP contribution < -0.4 is 4.74 Å². The fourth-order valence-electron chi connectivity index (χ4n) is 1.38. The van der Waals surface area contributed by atoms with Crippen LogP contribution in [0, 0.1) is 11.3 Å². The van der Waals surface area contributed by atoms with Crippen molar-refractivity contribution in [2.75, 3.05) is 7.11 Å². The lowest BCUT2D eigenvalue weighted by Crippen LogP contribution is -1.88. The van der Waals surface area contributed by atoms with Gasteiger partial charge in [-0.05, 0) is 24.3 Å². The second kappa shape index (κ2) is 3.35. The molecule has 0 unspecified atom stereocenters. The minimum atomic E-state index is 0.563. The van der Waals surface area contributed by atoms with Gasteiger partial charge in [0.2, 0.25) is 0 Å². The Hall–Kier alpha value is -2.08. The SMILES string of the molecule is COc1cc(C#N)cc2ncccc12. The molecule has 0 atom stereocenters. The molecule has 0 radical (unpaired) electrons. The van der Waals surface area contributed by atoms with E-state index in [9.17, 15) is 0 Å². The second-order valence-electron chi connectivity index (χ2n) is 2.86. The predicted octanol–water partition coefficient (Wildman–Crippen LogP) is 2.12. The molecule has 1 aromatic heterocycles. The molecule has 3 nitrogen and oxygen atoms in total. The lowest BCUT2D eigenvalue weighted by molar-refractivity contribution is 0.419. The molecule has 2 rings (SSSR count). The van der Waals surface area contributed by atoms with E-state index >= 15 is 0 Å². The number of nitriles is 1. The van der Waals surface area contributed by atoms with Crippen molar-refractivity contribution >= 4 is 10.9 Å². The summed E-state index contributed by atoms with van der Waals surface area (Å²) in [6.07, 6.45) is 1.70. The first-order valence-corrected chi connectivity index (χ1v) is 4.18. The molecule has 0 aliphatic carbocycles. The van der Waals surface area contributed by atoms with Crippen LogP contribution in [0.25, 0.3) is 10.9 Å². The second-order valence-corrected chi connectivity index (χ2v) is 2.86. The van der Waals surface area contributed by atoms with Gasteiger partial charge in [-0.1, -0.05) is 0 Å². The van der Waals surface area contributed by atoms with E-state index < -0.39 is 0 Å². The van der Waals surface area contributed by atoms with Gasteiger partial charge >= 0.3 is 0 Å². The lowest BCUT2D eigenvalue weighted by Gasteiger charge is -2.04. The van der Waals surface area contributed by atoms with E-state index in [0.29, 0.717) is 11.3 Å². The largest absolute Gasteiger partial charge is 0.496 e. The van der Waals surface area contributed by atoms with E-state index in [4.69, 9.17) is 10.00 Å². The molecule has 0 N–H and O–H groups in total. The number of hydrogen-bond acceptors (Lipinski definition) is 3. The number of rotatable bonds is 1. The molecule has 0 bridgehead atoms. The Morgan fingerprint density at radius 3 is 3.00 bits per heavy atom. The maximum Gasteiger partial charge on any atom is 0.129 e. The molecule has 0 fully saturated rings. The van der Waals surface area contributed by atoms with Gasteiger partial charge in [0.1, 0.15) is 5.75 Å². The van der Waals surface area contributed by atoms with Gasteiger partial charge in [-0.15, -0.1) is 0 Å². The molecule has 14 heavy (non-hydrogen) atoms. The standard InChI is InChI=1S/C11H8N2O/c1-14-11-6-8(7-12)5-10-9(11)3-2-4-13-10/h2-6H,1H3. The highest BCUT2D eigenvalue weighted by molar-refractivity contribution is 5.86. The first kappa shape index (κ1) is 8.52. The van der Waals surface area contributed by atoms with Gasteiger partial charge in [-0.2, -0.15) is 5.26 Å². The molecular formula is C11H8N2O. The molecule has 0 amide bonds. The molecule has 0 aliphatic heterocycles. The Bertz CT molecular complexity index is 514. The first-order valence-electron chi connectivity index (χ1n) is 4.18. The van der Waals surface area contributed by atoms with Gasteiger partial charge in [0.25, 0.3) is 0 Å². The van der Waals surface area contributed by atoms with Crippen molar-refractivity contribution < 1.29 is 4.74 Å². The average molecular weight is 184 g/mol. The van der Waals surface area contributed by atoms with Crippen LogP contribution in [-0.2, 0) is 0 Å². The molecule has 0 spiro atoms. The Labute approximate surface area is 81.6 Å². The van der Waals surface area contributed by atoms with Crippen molar-refractivity contribution in [1.82, 2.24) is 4.98 Å². The van der Waals surface area contributed by atoms with Gasteiger partial charge in [0.05, 0.1) is 24.3 Å². The summed E-state index contributed by atoms with van der Waals surface area (Å²) < 4.78 is 5.18. The monoisotopic (exact) mass is 184 g/mol. The van der Waals surface area contributed by atoms with Crippen molar-refractivity contribution in [3.8, 4) is 11.8 Å². The van der Waals surface area contributed by atoms with Crippen LogP contribution in [-0.4, -0.2) is 12.1 Å². The summed E-state index contributed by atoms with van der Waals surface area (Å²) in [5.74, 6) is 0.687. The number of fused-ring (bicyclic) bond motifs is 1. The fraction of sp³-hybridized carbons (Fsp3) is 0.0909.